The molecule has 4 aliphatic rings. The highest BCUT2D eigenvalue weighted by Crippen LogP contribution is 2.51. The fraction of sp³-hybridized carbons (Fsp3) is 0.436. The van der Waals surface area contributed by atoms with Gasteiger partial charge in [-0.1, -0.05) is 18.2 Å². The molecule has 2 saturated heterocycles. The minimum atomic E-state index is -0.549. The molecule has 4 heterocycles. The summed E-state index contributed by atoms with van der Waals surface area (Å²) in [6.45, 7) is 3.73. The third-order valence-electron chi connectivity index (χ3n) is 11.3. The molecule has 0 bridgehead atoms. The summed E-state index contributed by atoms with van der Waals surface area (Å²) in [5.74, 6) is -0.472. The van der Waals surface area contributed by atoms with Gasteiger partial charge in [0, 0.05) is 78.9 Å². The third kappa shape index (κ3) is 7.19. The largest absolute Gasteiger partial charge is 0.446 e. The molecule has 11 nitrogen and oxygen atoms in total. The SMILES string of the molecule is Nc1ccc(N2CCC(N3CC4(CC(OC(=O)NC5CCC(Nc6ncc(F)c(-c7cccc(-n8ccccc8=O)c7)n6)CC5)C4)C3)CC2)c(F)c1. The zero-order chi connectivity index (χ0) is 35.8. The summed E-state index contributed by atoms with van der Waals surface area (Å²) in [5, 5.41) is 6.42. The Balaban J connectivity index is 0.753. The molecule has 8 rings (SSSR count). The molecule has 13 heteroatoms. The molecule has 4 N–H and O–H groups in total. The normalized spacial score (nSPS) is 22.0. The maximum absolute atomic E-state index is 14.9. The van der Waals surface area contributed by atoms with Gasteiger partial charge in [0.15, 0.2) is 5.82 Å². The summed E-state index contributed by atoms with van der Waals surface area (Å²) in [7, 11) is 0. The lowest BCUT2D eigenvalue weighted by Gasteiger charge is -2.61. The summed E-state index contributed by atoms with van der Waals surface area (Å²) in [5.41, 5.74) is 8.17. The van der Waals surface area contributed by atoms with Crippen LogP contribution in [0.5, 0.6) is 0 Å². The fourth-order valence-corrected chi connectivity index (χ4v) is 8.57. The van der Waals surface area contributed by atoms with E-state index in [4.69, 9.17) is 10.5 Å². The fourth-order valence-electron chi connectivity index (χ4n) is 8.57. The van der Waals surface area contributed by atoms with Crippen LogP contribution >= 0.6 is 0 Å². The van der Waals surface area contributed by atoms with E-state index in [9.17, 15) is 18.4 Å². The predicted molar refractivity (Wildman–Crippen MR) is 195 cm³/mol. The van der Waals surface area contributed by atoms with Gasteiger partial charge in [-0.3, -0.25) is 14.3 Å². The van der Waals surface area contributed by atoms with Gasteiger partial charge in [-0.2, -0.15) is 0 Å². The van der Waals surface area contributed by atoms with Crippen LogP contribution in [0.3, 0.4) is 0 Å². The minimum Gasteiger partial charge on any atom is -0.446 e. The Morgan fingerprint density at radius 1 is 0.904 bits per heavy atom. The number of nitrogens with two attached hydrogens (primary N) is 1. The standard InChI is InChI=1S/C39H44F2N8O3/c40-32-19-26(42)7-12-34(32)47-16-13-29(14-17-47)48-23-39(24-48)20-31(21-39)52-38(51)45-28-10-8-27(9-11-28)44-37-43-22-33(41)36(46-37)25-4-3-5-30(18-25)49-15-2-1-6-35(49)50/h1-7,12,15,18-19,22,27-29,31H,8-11,13-14,16-17,20-21,23-24,42H2,(H,45,51)(H,43,44,46). The molecule has 4 aromatic rings. The number of carbonyl (C=O) groups is 1. The molecule has 4 fully saturated rings. The van der Waals surface area contributed by atoms with Gasteiger partial charge in [-0.25, -0.2) is 23.5 Å². The zero-order valence-electron chi connectivity index (χ0n) is 29.0. The summed E-state index contributed by atoms with van der Waals surface area (Å²) >= 11 is 0. The summed E-state index contributed by atoms with van der Waals surface area (Å²) in [6.07, 6.45) is 9.40. The molecule has 272 valence electrons. The van der Waals surface area contributed by atoms with E-state index in [-0.39, 0.29) is 46.8 Å². The number of amides is 1. The number of nitrogens with zero attached hydrogens (tertiary/aromatic N) is 5. The maximum Gasteiger partial charge on any atom is 0.407 e. The number of piperidine rings is 1. The average molecular weight is 711 g/mol. The molecule has 2 aromatic heterocycles. The highest BCUT2D eigenvalue weighted by molar-refractivity contribution is 5.68. The molecule has 2 aliphatic carbocycles. The van der Waals surface area contributed by atoms with E-state index in [2.05, 4.69) is 30.4 Å². The molecule has 52 heavy (non-hydrogen) atoms. The van der Waals surface area contributed by atoms with E-state index in [1.54, 1.807) is 54.7 Å². The summed E-state index contributed by atoms with van der Waals surface area (Å²) < 4.78 is 36.6. The summed E-state index contributed by atoms with van der Waals surface area (Å²) in [6, 6.07) is 17.5. The van der Waals surface area contributed by atoms with Crippen molar-refractivity contribution in [1.29, 1.82) is 0 Å². The minimum absolute atomic E-state index is 0.0280. The van der Waals surface area contributed by atoms with Crippen molar-refractivity contribution in [2.24, 2.45) is 5.41 Å². The van der Waals surface area contributed by atoms with Crippen molar-refractivity contribution in [1.82, 2.24) is 24.8 Å². The van der Waals surface area contributed by atoms with Crippen molar-refractivity contribution >= 4 is 23.4 Å². The monoisotopic (exact) mass is 710 g/mol. The van der Waals surface area contributed by atoms with Gasteiger partial charge in [0.05, 0.1) is 11.9 Å². The number of hydrogen-bond acceptors (Lipinski definition) is 9. The highest BCUT2D eigenvalue weighted by Gasteiger charge is 2.55. The van der Waals surface area contributed by atoms with Crippen LogP contribution < -0.4 is 26.8 Å². The third-order valence-corrected chi connectivity index (χ3v) is 11.3. The molecule has 1 amide bonds. The number of ether oxygens (including phenoxy) is 1. The highest BCUT2D eigenvalue weighted by atomic mass is 19.1. The van der Waals surface area contributed by atoms with Crippen molar-refractivity contribution in [2.75, 3.05) is 42.1 Å². The number of alkyl carbamates (subject to hydrolysis) is 1. The number of nitrogens with one attached hydrogen (secondary N) is 2. The maximum atomic E-state index is 14.9. The van der Waals surface area contributed by atoms with E-state index >= 15 is 0 Å². The Labute approximate surface area is 301 Å². The van der Waals surface area contributed by atoms with Crippen LogP contribution in [0.25, 0.3) is 16.9 Å². The van der Waals surface area contributed by atoms with E-state index < -0.39 is 5.82 Å². The number of likely N-dealkylation sites (tertiary alicyclic amines) is 1. The van der Waals surface area contributed by atoms with Crippen molar-refractivity contribution in [3.63, 3.8) is 0 Å². The van der Waals surface area contributed by atoms with Gasteiger partial charge in [0.1, 0.15) is 17.6 Å². The molecule has 2 aromatic carbocycles. The number of nitrogen functional groups attached to an aromatic ring is 1. The molecule has 2 aliphatic heterocycles. The van der Waals surface area contributed by atoms with Crippen LogP contribution in [0.1, 0.15) is 51.4 Å². The van der Waals surface area contributed by atoms with Crippen molar-refractivity contribution in [2.45, 2.75) is 75.6 Å². The number of anilines is 3. The molecular weight excluding hydrogens is 666 g/mol. The van der Waals surface area contributed by atoms with Crippen LogP contribution in [0.2, 0.25) is 0 Å². The Morgan fingerprint density at radius 2 is 1.67 bits per heavy atom. The number of hydrogen-bond donors (Lipinski definition) is 3. The Kier molecular flexibility index (Phi) is 9.29. The van der Waals surface area contributed by atoms with Crippen LogP contribution in [-0.4, -0.2) is 75.9 Å². The topological polar surface area (TPSA) is 131 Å². The van der Waals surface area contributed by atoms with Gasteiger partial charge in [0.25, 0.3) is 5.56 Å². The first-order chi connectivity index (χ1) is 25.2. The number of aromatic nitrogens is 3. The number of carbonyl (C=O) groups excluding carboxylic acids is 1. The average Bonchev–Trinajstić information content (AvgIpc) is 3.11. The van der Waals surface area contributed by atoms with E-state index in [0.29, 0.717) is 34.6 Å². The number of pyridine rings is 1. The second kappa shape index (κ2) is 14.2. The van der Waals surface area contributed by atoms with E-state index in [0.717, 1.165) is 83.7 Å². The van der Waals surface area contributed by atoms with Crippen LogP contribution in [0.15, 0.2) is 77.9 Å². The van der Waals surface area contributed by atoms with Gasteiger partial charge < -0.3 is 26.0 Å². The zero-order valence-corrected chi connectivity index (χ0v) is 29.0. The predicted octanol–water partition coefficient (Wildman–Crippen LogP) is 5.74. The van der Waals surface area contributed by atoms with Crippen molar-refractivity contribution in [3.8, 4) is 16.9 Å². The van der Waals surface area contributed by atoms with Gasteiger partial charge in [-0.05, 0) is 87.8 Å². The molecular formula is C39H44F2N8O3. The lowest BCUT2D eigenvalue weighted by molar-refractivity contribution is -0.144. The Bertz CT molecular complexity index is 1980. The van der Waals surface area contributed by atoms with Gasteiger partial charge in [-0.15, -0.1) is 0 Å². The smallest absolute Gasteiger partial charge is 0.407 e. The van der Waals surface area contributed by atoms with Crippen molar-refractivity contribution < 1.29 is 18.3 Å². The molecule has 0 radical (unpaired) electrons. The Morgan fingerprint density at radius 3 is 2.42 bits per heavy atom. The first-order valence-corrected chi connectivity index (χ1v) is 18.3. The lowest BCUT2D eigenvalue weighted by Crippen LogP contribution is -2.67. The van der Waals surface area contributed by atoms with E-state index in [1.165, 1.54) is 16.7 Å². The van der Waals surface area contributed by atoms with Crippen molar-refractivity contribution in [3.05, 3.63) is 95.0 Å². The van der Waals surface area contributed by atoms with Gasteiger partial charge in [0.2, 0.25) is 5.95 Å². The van der Waals surface area contributed by atoms with Gasteiger partial charge >= 0.3 is 6.09 Å². The molecule has 0 atom stereocenters. The second-order valence-corrected chi connectivity index (χ2v) is 15.0. The first kappa shape index (κ1) is 34.1. The molecule has 2 saturated carbocycles. The number of halogens is 2. The first-order valence-electron chi connectivity index (χ1n) is 18.3. The quantitative estimate of drug-likeness (QED) is 0.196. The van der Waals surface area contributed by atoms with E-state index in [1.807, 2.05) is 0 Å². The van der Waals surface area contributed by atoms with Crippen LogP contribution in [0.4, 0.5) is 30.9 Å². The summed E-state index contributed by atoms with van der Waals surface area (Å²) in [4.78, 5) is 38.4. The lowest BCUT2D eigenvalue weighted by atomic mass is 9.61. The second-order valence-electron chi connectivity index (χ2n) is 15.0. The van der Waals surface area contributed by atoms with Crippen LogP contribution in [-0.2, 0) is 4.74 Å². The number of rotatable bonds is 8. The number of benzene rings is 2. The molecule has 0 unspecified atom stereocenters. The van der Waals surface area contributed by atoms with Crippen LogP contribution in [0, 0.1) is 17.0 Å². The Hall–Kier alpha value is -5.04. The molecule has 1 spiro atoms.